The van der Waals surface area contributed by atoms with Crippen molar-refractivity contribution in [3.8, 4) is 11.3 Å². The number of alkyl halides is 1. The van der Waals surface area contributed by atoms with Crippen LogP contribution < -0.4 is 0 Å². The summed E-state index contributed by atoms with van der Waals surface area (Å²) in [7, 11) is 0. The van der Waals surface area contributed by atoms with E-state index in [2.05, 4.69) is 15.3 Å². The van der Waals surface area contributed by atoms with Gasteiger partial charge in [0.15, 0.2) is 0 Å². The standard InChI is InChI=1S/C10H11ClN4/c1-2-15-10(9(7-11)13-14-15)8-3-5-12-6-4-8/h3-6H,2,7H2,1H3. The van der Waals surface area contributed by atoms with E-state index in [1.807, 2.05) is 23.7 Å². The molecule has 0 aromatic carbocycles. The fraction of sp³-hybridized carbons (Fsp3) is 0.300. The van der Waals surface area contributed by atoms with E-state index < -0.39 is 0 Å². The Hall–Kier alpha value is -1.42. The van der Waals surface area contributed by atoms with Crippen molar-refractivity contribution in [3.05, 3.63) is 30.2 Å². The summed E-state index contributed by atoms with van der Waals surface area (Å²) in [5.74, 6) is 0.373. The van der Waals surface area contributed by atoms with Crippen LogP contribution in [0.4, 0.5) is 0 Å². The van der Waals surface area contributed by atoms with Crippen LogP contribution in [0.15, 0.2) is 24.5 Å². The fourth-order valence-electron chi connectivity index (χ4n) is 1.49. The van der Waals surface area contributed by atoms with Gasteiger partial charge in [0, 0.05) is 24.5 Å². The lowest BCUT2D eigenvalue weighted by molar-refractivity contribution is 0.632. The van der Waals surface area contributed by atoms with Gasteiger partial charge < -0.3 is 0 Å². The Labute approximate surface area is 92.9 Å². The lowest BCUT2D eigenvalue weighted by atomic mass is 10.1. The van der Waals surface area contributed by atoms with E-state index in [1.54, 1.807) is 12.4 Å². The van der Waals surface area contributed by atoms with Crippen molar-refractivity contribution in [2.24, 2.45) is 0 Å². The van der Waals surface area contributed by atoms with E-state index in [-0.39, 0.29) is 0 Å². The van der Waals surface area contributed by atoms with Crippen molar-refractivity contribution >= 4 is 11.6 Å². The molecule has 15 heavy (non-hydrogen) atoms. The smallest absolute Gasteiger partial charge is 0.105 e. The number of pyridine rings is 1. The molecule has 2 heterocycles. The summed E-state index contributed by atoms with van der Waals surface area (Å²) in [4.78, 5) is 3.98. The van der Waals surface area contributed by atoms with Crippen molar-refractivity contribution in [3.63, 3.8) is 0 Å². The lowest BCUT2D eigenvalue weighted by Gasteiger charge is -2.04. The van der Waals surface area contributed by atoms with Crippen LogP contribution in [0.5, 0.6) is 0 Å². The van der Waals surface area contributed by atoms with E-state index >= 15 is 0 Å². The summed E-state index contributed by atoms with van der Waals surface area (Å²) in [5.41, 5.74) is 2.84. The second-order valence-corrected chi connectivity index (χ2v) is 3.34. The Kier molecular flexibility index (Phi) is 2.97. The predicted molar refractivity (Wildman–Crippen MR) is 58.5 cm³/mol. The van der Waals surface area contributed by atoms with Crippen LogP contribution in [0, 0.1) is 0 Å². The topological polar surface area (TPSA) is 43.6 Å². The Morgan fingerprint density at radius 3 is 2.67 bits per heavy atom. The van der Waals surface area contributed by atoms with Crippen LogP contribution in [-0.4, -0.2) is 20.0 Å². The molecule has 0 fully saturated rings. The molecule has 2 aromatic rings. The SMILES string of the molecule is CCn1nnc(CCl)c1-c1ccncc1. The summed E-state index contributed by atoms with van der Waals surface area (Å²) in [6, 6.07) is 3.86. The van der Waals surface area contributed by atoms with Gasteiger partial charge in [0.2, 0.25) is 0 Å². The summed E-state index contributed by atoms with van der Waals surface area (Å²) in [6.45, 7) is 2.80. The molecule has 0 N–H and O–H groups in total. The molecule has 0 spiro atoms. The highest BCUT2D eigenvalue weighted by atomic mass is 35.5. The highest BCUT2D eigenvalue weighted by molar-refractivity contribution is 6.17. The Morgan fingerprint density at radius 1 is 1.33 bits per heavy atom. The van der Waals surface area contributed by atoms with E-state index in [0.29, 0.717) is 5.88 Å². The molecule has 0 saturated heterocycles. The molecular formula is C10H11ClN4. The van der Waals surface area contributed by atoms with E-state index in [9.17, 15) is 0 Å². The minimum absolute atomic E-state index is 0.373. The largest absolute Gasteiger partial charge is 0.265 e. The molecule has 0 amide bonds. The molecule has 4 nitrogen and oxygen atoms in total. The number of rotatable bonds is 3. The predicted octanol–water partition coefficient (Wildman–Crippen LogP) is 2.10. The average molecular weight is 223 g/mol. The third-order valence-corrected chi connectivity index (χ3v) is 2.44. The number of halogens is 1. The van der Waals surface area contributed by atoms with Gasteiger partial charge in [-0.1, -0.05) is 5.21 Å². The molecule has 0 atom stereocenters. The van der Waals surface area contributed by atoms with Gasteiger partial charge in [0.1, 0.15) is 5.69 Å². The molecule has 0 aliphatic carbocycles. The minimum atomic E-state index is 0.373. The summed E-state index contributed by atoms with van der Waals surface area (Å²) >= 11 is 5.82. The summed E-state index contributed by atoms with van der Waals surface area (Å²) in [5, 5.41) is 8.09. The van der Waals surface area contributed by atoms with Gasteiger partial charge in [-0.05, 0) is 19.1 Å². The Morgan fingerprint density at radius 2 is 2.07 bits per heavy atom. The zero-order chi connectivity index (χ0) is 10.7. The third-order valence-electron chi connectivity index (χ3n) is 2.18. The Balaban J connectivity index is 2.55. The molecule has 0 bridgehead atoms. The van der Waals surface area contributed by atoms with Gasteiger partial charge in [-0.25, -0.2) is 4.68 Å². The number of aryl methyl sites for hydroxylation is 1. The van der Waals surface area contributed by atoms with Crippen molar-refractivity contribution in [1.82, 2.24) is 20.0 Å². The first-order valence-corrected chi connectivity index (χ1v) is 5.29. The lowest BCUT2D eigenvalue weighted by Crippen LogP contribution is -1.99. The molecule has 5 heteroatoms. The van der Waals surface area contributed by atoms with Gasteiger partial charge in [-0.3, -0.25) is 4.98 Å². The van der Waals surface area contributed by atoms with Crippen LogP contribution in [0.25, 0.3) is 11.3 Å². The quantitative estimate of drug-likeness (QED) is 0.747. The molecule has 2 aromatic heterocycles. The van der Waals surface area contributed by atoms with Crippen LogP contribution >= 0.6 is 11.6 Å². The summed E-state index contributed by atoms with van der Waals surface area (Å²) in [6.07, 6.45) is 3.50. The maximum Gasteiger partial charge on any atom is 0.105 e. The molecule has 0 aliphatic heterocycles. The molecular weight excluding hydrogens is 212 g/mol. The number of hydrogen-bond donors (Lipinski definition) is 0. The molecule has 0 radical (unpaired) electrons. The first-order chi connectivity index (χ1) is 7.36. The van der Waals surface area contributed by atoms with Gasteiger partial charge in [0.25, 0.3) is 0 Å². The van der Waals surface area contributed by atoms with E-state index in [0.717, 1.165) is 23.5 Å². The van der Waals surface area contributed by atoms with Gasteiger partial charge in [0.05, 0.1) is 11.6 Å². The van der Waals surface area contributed by atoms with Crippen molar-refractivity contribution in [2.75, 3.05) is 0 Å². The highest BCUT2D eigenvalue weighted by Crippen LogP contribution is 2.22. The summed E-state index contributed by atoms with van der Waals surface area (Å²) < 4.78 is 1.84. The molecule has 2 rings (SSSR count). The third kappa shape index (κ3) is 1.85. The second-order valence-electron chi connectivity index (χ2n) is 3.07. The van der Waals surface area contributed by atoms with E-state index in [1.165, 1.54) is 0 Å². The van der Waals surface area contributed by atoms with Crippen molar-refractivity contribution in [1.29, 1.82) is 0 Å². The van der Waals surface area contributed by atoms with Gasteiger partial charge in [-0.2, -0.15) is 0 Å². The maximum absolute atomic E-state index is 5.82. The van der Waals surface area contributed by atoms with Gasteiger partial charge in [-0.15, -0.1) is 16.7 Å². The van der Waals surface area contributed by atoms with E-state index in [4.69, 9.17) is 11.6 Å². The zero-order valence-corrected chi connectivity index (χ0v) is 9.15. The first-order valence-electron chi connectivity index (χ1n) is 4.75. The fourth-order valence-corrected chi connectivity index (χ4v) is 1.67. The number of hydrogen-bond acceptors (Lipinski definition) is 3. The Bertz CT molecular complexity index is 416. The van der Waals surface area contributed by atoms with Crippen LogP contribution in [0.3, 0.4) is 0 Å². The van der Waals surface area contributed by atoms with Crippen LogP contribution in [-0.2, 0) is 12.4 Å². The average Bonchev–Trinajstić information content (AvgIpc) is 2.72. The second kappa shape index (κ2) is 4.40. The van der Waals surface area contributed by atoms with Crippen molar-refractivity contribution in [2.45, 2.75) is 19.3 Å². The molecule has 78 valence electrons. The van der Waals surface area contributed by atoms with Gasteiger partial charge >= 0.3 is 0 Å². The van der Waals surface area contributed by atoms with Crippen LogP contribution in [0.1, 0.15) is 12.6 Å². The number of aromatic nitrogens is 4. The molecule has 0 unspecified atom stereocenters. The molecule has 0 saturated carbocycles. The number of nitrogens with zero attached hydrogens (tertiary/aromatic N) is 4. The van der Waals surface area contributed by atoms with Crippen LogP contribution in [0.2, 0.25) is 0 Å². The zero-order valence-electron chi connectivity index (χ0n) is 8.39. The monoisotopic (exact) mass is 222 g/mol. The van der Waals surface area contributed by atoms with Crippen molar-refractivity contribution < 1.29 is 0 Å². The molecule has 0 aliphatic rings. The maximum atomic E-state index is 5.82. The normalized spacial score (nSPS) is 10.5. The first kappa shape index (κ1) is 10.1. The highest BCUT2D eigenvalue weighted by Gasteiger charge is 2.12. The minimum Gasteiger partial charge on any atom is -0.265 e.